The first-order valence-electron chi connectivity index (χ1n) is 12.8. The molecule has 0 aliphatic heterocycles. The van der Waals surface area contributed by atoms with Crippen LogP contribution in [0.4, 0.5) is 5.82 Å². The normalized spacial score (nSPS) is 15.9. The van der Waals surface area contributed by atoms with Crippen molar-refractivity contribution in [3.8, 4) is 17.2 Å². The number of amides is 1. The minimum atomic E-state index is -3.27. The molecule has 3 N–H and O–H groups in total. The van der Waals surface area contributed by atoms with Gasteiger partial charge >= 0.3 is 0 Å². The van der Waals surface area contributed by atoms with Crippen molar-refractivity contribution < 1.29 is 18.3 Å². The van der Waals surface area contributed by atoms with E-state index < -0.39 is 21.5 Å². The van der Waals surface area contributed by atoms with Crippen LogP contribution in [0.2, 0.25) is 0 Å². The van der Waals surface area contributed by atoms with E-state index in [1.807, 2.05) is 48.5 Å². The molecule has 200 valence electrons. The van der Waals surface area contributed by atoms with Crippen molar-refractivity contribution in [3.05, 3.63) is 77.5 Å². The first kappa shape index (κ1) is 27.6. The Labute approximate surface area is 224 Å². The fourth-order valence-corrected chi connectivity index (χ4v) is 5.59. The van der Waals surface area contributed by atoms with Gasteiger partial charge in [0.15, 0.2) is 0 Å². The lowest BCUT2D eigenvalue weighted by Crippen LogP contribution is -2.51. The van der Waals surface area contributed by atoms with Gasteiger partial charge in [0.05, 0.1) is 6.26 Å². The molecule has 4 rings (SSSR count). The topological polar surface area (TPSA) is 124 Å². The van der Waals surface area contributed by atoms with Crippen LogP contribution in [0.5, 0.6) is 0 Å². The molecule has 38 heavy (non-hydrogen) atoms. The Kier molecular flexibility index (Phi) is 8.36. The second-order valence-electron chi connectivity index (χ2n) is 10.2. The standard InChI is InChI=1S/C29H34N4O4S/c1-33-26(19-30)15-16-27(33)32-28(34)29(35,25-9-4-3-5-10-25)18-22-7-6-8-24(17-22)23-13-11-21(12-14-23)20-31-38(2,36)37/h6-8,11-17,25,31,35H,3-5,9-10,18,20H2,1-2H3,(H,32,34). The first-order valence-corrected chi connectivity index (χ1v) is 14.7. The summed E-state index contributed by atoms with van der Waals surface area (Å²) >= 11 is 0. The van der Waals surface area contributed by atoms with Gasteiger partial charge in [-0.25, -0.2) is 13.1 Å². The molecule has 0 saturated heterocycles. The lowest BCUT2D eigenvalue weighted by Gasteiger charge is -2.37. The molecule has 2 aromatic carbocycles. The van der Waals surface area contributed by atoms with Gasteiger partial charge in [-0.3, -0.25) is 4.79 Å². The van der Waals surface area contributed by atoms with Crippen molar-refractivity contribution in [1.29, 1.82) is 5.26 Å². The van der Waals surface area contributed by atoms with E-state index in [0.717, 1.165) is 60.6 Å². The highest BCUT2D eigenvalue weighted by Crippen LogP contribution is 2.36. The predicted octanol–water partition coefficient (Wildman–Crippen LogP) is 4.11. The second-order valence-corrected chi connectivity index (χ2v) is 12.0. The van der Waals surface area contributed by atoms with Crippen LogP contribution in [-0.4, -0.2) is 35.9 Å². The number of aromatic nitrogens is 1. The van der Waals surface area contributed by atoms with E-state index in [4.69, 9.17) is 0 Å². The zero-order chi connectivity index (χ0) is 27.3. The number of hydrogen-bond donors (Lipinski definition) is 3. The Morgan fingerprint density at radius 3 is 2.39 bits per heavy atom. The van der Waals surface area contributed by atoms with E-state index in [-0.39, 0.29) is 18.9 Å². The number of carbonyl (C=O) groups excluding carboxylic acids is 1. The van der Waals surface area contributed by atoms with E-state index in [1.165, 1.54) is 0 Å². The molecule has 1 heterocycles. The van der Waals surface area contributed by atoms with Crippen LogP contribution in [0.3, 0.4) is 0 Å². The number of aliphatic hydroxyl groups is 1. The van der Waals surface area contributed by atoms with E-state index >= 15 is 0 Å². The average molecular weight is 535 g/mol. The number of carbonyl (C=O) groups is 1. The van der Waals surface area contributed by atoms with Gasteiger partial charge in [-0.15, -0.1) is 0 Å². The van der Waals surface area contributed by atoms with Crippen molar-refractivity contribution in [2.75, 3.05) is 11.6 Å². The van der Waals surface area contributed by atoms with Gasteiger partial charge in [0.1, 0.15) is 23.2 Å². The van der Waals surface area contributed by atoms with Gasteiger partial charge in [-0.05, 0) is 53.1 Å². The summed E-state index contributed by atoms with van der Waals surface area (Å²) in [5.74, 6) is -0.152. The molecule has 1 aliphatic carbocycles. The SMILES string of the molecule is Cn1c(C#N)ccc1NC(=O)C(O)(Cc1cccc(-c2ccc(CNS(C)(=O)=O)cc2)c1)C1CCCCC1. The zero-order valence-corrected chi connectivity index (χ0v) is 22.6. The fourth-order valence-electron chi connectivity index (χ4n) is 5.17. The van der Waals surface area contributed by atoms with Crippen LogP contribution in [0.1, 0.15) is 48.9 Å². The largest absolute Gasteiger partial charge is 0.379 e. The Morgan fingerprint density at radius 2 is 1.76 bits per heavy atom. The van der Waals surface area contributed by atoms with Crippen LogP contribution in [0, 0.1) is 17.2 Å². The molecule has 0 radical (unpaired) electrons. The summed E-state index contributed by atoms with van der Waals surface area (Å²) in [6, 6.07) is 20.8. The summed E-state index contributed by atoms with van der Waals surface area (Å²) in [6.45, 7) is 0.222. The second kappa shape index (κ2) is 11.5. The maximum atomic E-state index is 13.6. The van der Waals surface area contributed by atoms with Crippen molar-refractivity contribution >= 4 is 21.7 Å². The fraction of sp³-hybridized carbons (Fsp3) is 0.379. The molecule has 1 fully saturated rings. The highest BCUT2D eigenvalue weighted by atomic mass is 32.2. The Hall–Kier alpha value is -3.45. The molecule has 1 amide bonds. The molecule has 1 unspecified atom stereocenters. The number of sulfonamides is 1. The predicted molar refractivity (Wildman–Crippen MR) is 148 cm³/mol. The minimum Gasteiger partial charge on any atom is -0.379 e. The number of nitrogens with one attached hydrogen (secondary N) is 2. The number of benzene rings is 2. The number of nitrogens with zero attached hydrogens (tertiary/aromatic N) is 2. The monoisotopic (exact) mass is 534 g/mol. The molecule has 1 aliphatic rings. The highest BCUT2D eigenvalue weighted by Gasteiger charge is 2.44. The molecule has 1 atom stereocenters. The summed E-state index contributed by atoms with van der Waals surface area (Å²) in [7, 11) is -1.56. The first-order chi connectivity index (χ1) is 18.1. The van der Waals surface area contributed by atoms with Gasteiger partial charge in [-0.2, -0.15) is 5.26 Å². The zero-order valence-electron chi connectivity index (χ0n) is 21.8. The van der Waals surface area contributed by atoms with Gasteiger partial charge in [-0.1, -0.05) is 67.8 Å². The number of nitriles is 1. The van der Waals surface area contributed by atoms with Crippen molar-refractivity contribution in [3.63, 3.8) is 0 Å². The average Bonchev–Trinajstić information content (AvgIpc) is 3.26. The molecule has 1 saturated carbocycles. The maximum Gasteiger partial charge on any atom is 0.258 e. The molecule has 3 aromatic rings. The Morgan fingerprint density at radius 1 is 1.05 bits per heavy atom. The molecule has 9 heteroatoms. The highest BCUT2D eigenvalue weighted by molar-refractivity contribution is 7.88. The van der Waals surface area contributed by atoms with Crippen LogP contribution in [-0.2, 0) is 34.8 Å². The molecule has 1 aromatic heterocycles. The molecule has 0 bridgehead atoms. The molecular formula is C29H34N4O4S. The molecular weight excluding hydrogens is 500 g/mol. The summed E-state index contributed by atoms with van der Waals surface area (Å²) in [5, 5.41) is 24.1. The van der Waals surface area contributed by atoms with Crippen LogP contribution < -0.4 is 10.0 Å². The maximum absolute atomic E-state index is 13.6. The van der Waals surface area contributed by atoms with Crippen molar-refractivity contribution in [1.82, 2.24) is 9.29 Å². The summed E-state index contributed by atoms with van der Waals surface area (Å²) in [6.07, 6.45) is 5.91. The lowest BCUT2D eigenvalue weighted by atomic mass is 9.73. The van der Waals surface area contributed by atoms with Gasteiger partial charge < -0.3 is 15.0 Å². The third-order valence-corrected chi connectivity index (χ3v) is 8.05. The Bertz CT molecular complexity index is 1430. The van der Waals surface area contributed by atoms with E-state index in [0.29, 0.717) is 11.5 Å². The van der Waals surface area contributed by atoms with Crippen molar-refractivity contribution in [2.24, 2.45) is 13.0 Å². The smallest absolute Gasteiger partial charge is 0.258 e. The van der Waals surface area contributed by atoms with Gasteiger partial charge in [0, 0.05) is 20.0 Å². The van der Waals surface area contributed by atoms with Crippen LogP contribution >= 0.6 is 0 Å². The third-order valence-electron chi connectivity index (χ3n) is 7.38. The summed E-state index contributed by atoms with van der Waals surface area (Å²) in [4.78, 5) is 13.6. The Balaban J connectivity index is 1.57. The molecule has 0 spiro atoms. The lowest BCUT2D eigenvalue weighted by molar-refractivity contribution is -0.141. The van der Waals surface area contributed by atoms with Gasteiger partial charge in [0.2, 0.25) is 10.0 Å². The quantitative estimate of drug-likeness (QED) is 0.381. The third kappa shape index (κ3) is 6.51. The molecule has 8 nitrogen and oxygen atoms in total. The van der Waals surface area contributed by atoms with Crippen LogP contribution in [0.15, 0.2) is 60.7 Å². The number of anilines is 1. The van der Waals surface area contributed by atoms with Gasteiger partial charge in [0.25, 0.3) is 5.91 Å². The minimum absolute atomic E-state index is 0.169. The van der Waals surface area contributed by atoms with E-state index in [2.05, 4.69) is 16.1 Å². The number of rotatable bonds is 9. The number of hydrogen-bond acceptors (Lipinski definition) is 5. The summed E-state index contributed by atoms with van der Waals surface area (Å²) in [5.41, 5.74) is 2.41. The van der Waals surface area contributed by atoms with E-state index in [1.54, 1.807) is 23.7 Å². The van der Waals surface area contributed by atoms with Crippen LogP contribution in [0.25, 0.3) is 11.1 Å². The van der Waals surface area contributed by atoms with Crippen molar-refractivity contribution in [2.45, 2.75) is 50.7 Å². The van der Waals surface area contributed by atoms with E-state index in [9.17, 15) is 23.6 Å². The summed E-state index contributed by atoms with van der Waals surface area (Å²) < 4.78 is 26.8.